The number of nitrogens with two attached hydrogens (primary N) is 1. The van der Waals surface area contributed by atoms with Crippen LogP contribution in [0.15, 0.2) is 109 Å². The molecule has 0 aromatic heterocycles. The fourth-order valence-electron chi connectivity index (χ4n) is 5.55. The fourth-order valence-corrected chi connectivity index (χ4v) is 5.55. The minimum Gasteiger partial charge on any atom is -0.489 e. The van der Waals surface area contributed by atoms with E-state index in [1.807, 2.05) is 97.1 Å². The highest BCUT2D eigenvalue weighted by molar-refractivity contribution is 5.91. The molecule has 5 rings (SSSR count). The second-order valence-corrected chi connectivity index (χ2v) is 11.7. The van der Waals surface area contributed by atoms with Crippen LogP contribution in [0.4, 0.5) is 0 Å². The zero-order valence-corrected chi connectivity index (χ0v) is 26.6. The lowest BCUT2D eigenvalue weighted by Gasteiger charge is -2.36. The number of primary amides is 1. The number of ether oxygens (including phenoxy) is 2. The summed E-state index contributed by atoms with van der Waals surface area (Å²) in [5, 5.41) is 2.78. The molecule has 0 radical (unpaired) electrons. The van der Waals surface area contributed by atoms with Crippen LogP contribution in [0.5, 0.6) is 11.5 Å². The first-order valence-corrected chi connectivity index (χ1v) is 16.0. The standard InChI is InChI=1S/C38H42N4O5/c39-36(43)25-34(38(45)42-22-20-41(21-23-42)26-29-10-4-1-5-11-29)40-37(44)19-17-32-16-18-33(46-27-30-12-6-2-7-13-30)24-35(32)47-28-31-14-8-3-9-15-31/h1-16,18,24,34H,17,19-23,25-28H2,(H2,39,43)(H,40,44)/t34-/m0/s1. The van der Waals surface area contributed by atoms with Gasteiger partial charge in [0, 0.05) is 45.2 Å². The van der Waals surface area contributed by atoms with Crippen molar-refractivity contribution in [3.8, 4) is 11.5 Å². The van der Waals surface area contributed by atoms with Crippen molar-refractivity contribution < 1.29 is 23.9 Å². The monoisotopic (exact) mass is 634 g/mol. The third-order valence-corrected chi connectivity index (χ3v) is 8.12. The summed E-state index contributed by atoms with van der Waals surface area (Å²) in [7, 11) is 0. The van der Waals surface area contributed by atoms with E-state index in [4.69, 9.17) is 15.2 Å². The predicted molar refractivity (Wildman–Crippen MR) is 180 cm³/mol. The molecular weight excluding hydrogens is 592 g/mol. The summed E-state index contributed by atoms with van der Waals surface area (Å²) in [5.74, 6) is -0.00505. The van der Waals surface area contributed by atoms with E-state index >= 15 is 0 Å². The molecule has 0 aliphatic carbocycles. The number of benzene rings is 4. The summed E-state index contributed by atoms with van der Waals surface area (Å²) in [6.07, 6.45) is 0.206. The van der Waals surface area contributed by atoms with E-state index in [-0.39, 0.29) is 24.7 Å². The smallest absolute Gasteiger partial charge is 0.245 e. The maximum absolute atomic E-state index is 13.4. The van der Waals surface area contributed by atoms with Gasteiger partial charge in [0.05, 0.1) is 6.42 Å². The van der Waals surface area contributed by atoms with Gasteiger partial charge in [-0.05, 0) is 34.7 Å². The predicted octanol–water partition coefficient (Wildman–Crippen LogP) is 4.48. The average Bonchev–Trinajstić information content (AvgIpc) is 3.10. The van der Waals surface area contributed by atoms with Crippen LogP contribution in [0.2, 0.25) is 0 Å². The molecule has 9 heteroatoms. The van der Waals surface area contributed by atoms with Crippen LogP contribution in [0.3, 0.4) is 0 Å². The van der Waals surface area contributed by atoms with Crippen LogP contribution in [0.25, 0.3) is 0 Å². The Morgan fingerprint density at radius 1 is 0.723 bits per heavy atom. The van der Waals surface area contributed by atoms with Crippen molar-refractivity contribution in [2.24, 2.45) is 5.73 Å². The quantitative estimate of drug-likeness (QED) is 0.199. The second-order valence-electron chi connectivity index (χ2n) is 11.7. The van der Waals surface area contributed by atoms with Gasteiger partial charge < -0.3 is 25.4 Å². The molecule has 47 heavy (non-hydrogen) atoms. The molecule has 4 aromatic carbocycles. The lowest BCUT2D eigenvalue weighted by molar-refractivity contribution is -0.139. The number of carbonyl (C=O) groups excluding carboxylic acids is 3. The fraction of sp³-hybridized carbons (Fsp3) is 0.289. The highest BCUT2D eigenvalue weighted by Gasteiger charge is 2.30. The van der Waals surface area contributed by atoms with Crippen molar-refractivity contribution in [1.82, 2.24) is 15.1 Å². The average molecular weight is 635 g/mol. The van der Waals surface area contributed by atoms with E-state index in [1.165, 1.54) is 5.56 Å². The number of carbonyl (C=O) groups is 3. The maximum atomic E-state index is 13.4. The molecule has 9 nitrogen and oxygen atoms in total. The molecule has 1 atom stereocenters. The van der Waals surface area contributed by atoms with E-state index in [1.54, 1.807) is 4.90 Å². The molecule has 1 aliphatic rings. The molecular formula is C38H42N4O5. The Morgan fingerprint density at radius 3 is 1.89 bits per heavy atom. The Hall–Kier alpha value is -5.15. The second kappa shape index (κ2) is 17.0. The van der Waals surface area contributed by atoms with Crippen LogP contribution in [-0.4, -0.2) is 59.7 Å². The molecule has 0 spiro atoms. The first-order chi connectivity index (χ1) is 22.9. The van der Waals surface area contributed by atoms with Crippen molar-refractivity contribution in [3.05, 3.63) is 131 Å². The van der Waals surface area contributed by atoms with Crippen LogP contribution >= 0.6 is 0 Å². The molecule has 1 fully saturated rings. The number of rotatable bonds is 15. The Kier molecular flexibility index (Phi) is 12.0. The molecule has 1 aliphatic heterocycles. The summed E-state index contributed by atoms with van der Waals surface area (Å²) in [6, 6.07) is 34.5. The maximum Gasteiger partial charge on any atom is 0.245 e. The van der Waals surface area contributed by atoms with Crippen LogP contribution in [0, 0.1) is 0 Å². The Morgan fingerprint density at radius 2 is 1.30 bits per heavy atom. The van der Waals surface area contributed by atoms with Gasteiger partial charge in [0.2, 0.25) is 17.7 Å². The van der Waals surface area contributed by atoms with Gasteiger partial charge in [-0.3, -0.25) is 19.3 Å². The first kappa shape index (κ1) is 33.2. The summed E-state index contributed by atoms with van der Waals surface area (Å²) in [4.78, 5) is 42.5. The van der Waals surface area contributed by atoms with Gasteiger partial charge in [0.25, 0.3) is 0 Å². The number of nitrogens with zero attached hydrogens (tertiary/aromatic N) is 2. The summed E-state index contributed by atoms with van der Waals surface area (Å²) in [6.45, 7) is 4.01. The molecule has 1 saturated heterocycles. The van der Waals surface area contributed by atoms with Crippen molar-refractivity contribution >= 4 is 17.7 Å². The van der Waals surface area contributed by atoms with E-state index in [0.717, 1.165) is 23.2 Å². The molecule has 4 aromatic rings. The Balaban J connectivity index is 1.18. The lowest BCUT2D eigenvalue weighted by atomic mass is 10.1. The Labute approximate surface area is 276 Å². The normalized spacial score (nSPS) is 13.8. The van der Waals surface area contributed by atoms with E-state index < -0.39 is 11.9 Å². The zero-order chi connectivity index (χ0) is 32.8. The third-order valence-electron chi connectivity index (χ3n) is 8.12. The lowest BCUT2D eigenvalue weighted by Crippen LogP contribution is -2.55. The number of nitrogens with one attached hydrogen (secondary N) is 1. The summed E-state index contributed by atoms with van der Waals surface area (Å²) in [5.41, 5.74) is 9.60. The summed E-state index contributed by atoms with van der Waals surface area (Å²) < 4.78 is 12.2. The van der Waals surface area contributed by atoms with Crippen LogP contribution < -0.4 is 20.5 Å². The van der Waals surface area contributed by atoms with Gasteiger partial charge in [-0.25, -0.2) is 0 Å². The molecule has 0 unspecified atom stereocenters. The number of piperazine rings is 1. The minimum absolute atomic E-state index is 0.0965. The number of aryl methyl sites for hydroxylation is 1. The zero-order valence-electron chi connectivity index (χ0n) is 26.6. The van der Waals surface area contributed by atoms with Gasteiger partial charge in [-0.1, -0.05) is 97.1 Å². The van der Waals surface area contributed by atoms with E-state index in [9.17, 15) is 14.4 Å². The number of amides is 3. The minimum atomic E-state index is -1.01. The molecule has 0 saturated carbocycles. The van der Waals surface area contributed by atoms with Crippen molar-refractivity contribution in [2.75, 3.05) is 26.2 Å². The molecule has 3 amide bonds. The van der Waals surface area contributed by atoms with E-state index in [2.05, 4.69) is 22.3 Å². The number of hydrogen-bond donors (Lipinski definition) is 2. The van der Waals surface area contributed by atoms with Gasteiger partial charge >= 0.3 is 0 Å². The van der Waals surface area contributed by atoms with Gasteiger partial charge in [-0.15, -0.1) is 0 Å². The largest absolute Gasteiger partial charge is 0.489 e. The van der Waals surface area contributed by atoms with Gasteiger partial charge in [-0.2, -0.15) is 0 Å². The van der Waals surface area contributed by atoms with Crippen molar-refractivity contribution in [3.63, 3.8) is 0 Å². The first-order valence-electron chi connectivity index (χ1n) is 16.0. The van der Waals surface area contributed by atoms with Gasteiger partial charge in [0.15, 0.2) is 0 Å². The van der Waals surface area contributed by atoms with E-state index in [0.29, 0.717) is 57.3 Å². The Bertz CT molecular complexity index is 1590. The SMILES string of the molecule is NC(=O)C[C@H](NC(=O)CCc1ccc(OCc2ccccc2)cc1OCc1ccccc1)C(=O)N1CCN(Cc2ccccc2)CC1. The topological polar surface area (TPSA) is 114 Å². The van der Waals surface area contributed by atoms with Crippen LogP contribution in [-0.2, 0) is 40.6 Å². The molecule has 0 bridgehead atoms. The van der Waals surface area contributed by atoms with Crippen molar-refractivity contribution in [1.29, 1.82) is 0 Å². The van der Waals surface area contributed by atoms with Crippen LogP contribution in [0.1, 0.15) is 35.1 Å². The molecule has 3 N–H and O–H groups in total. The third kappa shape index (κ3) is 10.4. The number of hydrogen-bond acceptors (Lipinski definition) is 6. The van der Waals surface area contributed by atoms with Gasteiger partial charge in [0.1, 0.15) is 30.8 Å². The molecule has 244 valence electrons. The summed E-state index contributed by atoms with van der Waals surface area (Å²) >= 11 is 0. The molecule has 1 heterocycles. The van der Waals surface area contributed by atoms with Crippen molar-refractivity contribution in [2.45, 2.75) is 45.1 Å². The highest BCUT2D eigenvalue weighted by atomic mass is 16.5. The highest BCUT2D eigenvalue weighted by Crippen LogP contribution is 2.28.